The van der Waals surface area contributed by atoms with Gasteiger partial charge in [-0.1, -0.05) is 6.07 Å². The van der Waals surface area contributed by atoms with E-state index < -0.39 is 20.7 Å². The molecule has 8 heteroatoms. The summed E-state index contributed by atoms with van der Waals surface area (Å²) in [5, 5.41) is 4.02. The van der Waals surface area contributed by atoms with Crippen molar-refractivity contribution < 1.29 is 17.9 Å². The first-order valence-electron chi connectivity index (χ1n) is 12.0. The zero-order valence-corrected chi connectivity index (χ0v) is 21.6. The van der Waals surface area contributed by atoms with Crippen LogP contribution >= 0.6 is 0 Å². The van der Waals surface area contributed by atoms with Gasteiger partial charge in [0.1, 0.15) is 11.4 Å². The van der Waals surface area contributed by atoms with Gasteiger partial charge in [-0.25, -0.2) is 8.42 Å². The van der Waals surface area contributed by atoms with Crippen LogP contribution in [0.5, 0.6) is 5.75 Å². The zero-order valence-electron chi connectivity index (χ0n) is 20.8. The van der Waals surface area contributed by atoms with E-state index in [0.717, 1.165) is 28.1 Å². The largest absolute Gasteiger partial charge is 0.482 e. The summed E-state index contributed by atoms with van der Waals surface area (Å²) in [5.41, 5.74) is 4.91. The lowest BCUT2D eigenvalue weighted by atomic mass is 9.80. The Bertz CT molecular complexity index is 1430. The van der Waals surface area contributed by atoms with Crippen LogP contribution in [0.25, 0.3) is 11.3 Å². The Morgan fingerprint density at radius 1 is 1.09 bits per heavy atom. The molecule has 0 radical (unpaired) electrons. The summed E-state index contributed by atoms with van der Waals surface area (Å²) in [4.78, 5) is 15.5. The summed E-state index contributed by atoms with van der Waals surface area (Å²) in [6.07, 6.45) is 3.21. The molecule has 0 saturated carbocycles. The Labute approximate surface area is 206 Å². The lowest BCUT2D eigenvalue weighted by Gasteiger charge is -2.44. The zero-order chi connectivity index (χ0) is 25.1. The highest BCUT2D eigenvalue weighted by atomic mass is 32.2. The Hall–Kier alpha value is -3.13. The van der Waals surface area contributed by atoms with Gasteiger partial charge >= 0.3 is 0 Å². The molecule has 1 spiro atoms. The smallest absolute Gasteiger partial charge is 0.253 e. The first-order chi connectivity index (χ1) is 16.5. The molecule has 35 heavy (non-hydrogen) atoms. The number of nitrogens with zero attached hydrogens (tertiary/aromatic N) is 3. The number of hydrogen-bond donors (Lipinski definition) is 0. The fourth-order valence-corrected chi connectivity index (χ4v) is 6.52. The molecule has 3 heterocycles. The van der Waals surface area contributed by atoms with Gasteiger partial charge in [0.15, 0.2) is 9.84 Å². The molecule has 1 aromatic heterocycles. The maximum absolute atomic E-state index is 13.3. The number of carbonyl (C=O) groups excluding carboxylic acids is 1. The van der Waals surface area contributed by atoms with Gasteiger partial charge in [-0.15, -0.1) is 0 Å². The predicted octanol–water partition coefficient (Wildman–Crippen LogP) is 4.41. The fourth-order valence-electron chi connectivity index (χ4n) is 5.25. The summed E-state index contributed by atoms with van der Waals surface area (Å²) in [5.74, 6) is 0.772. The minimum Gasteiger partial charge on any atom is -0.482 e. The maximum Gasteiger partial charge on any atom is 0.253 e. The Morgan fingerprint density at radius 3 is 2.46 bits per heavy atom. The molecule has 0 N–H and O–H groups in total. The van der Waals surface area contributed by atoms with Crippen LogP contribution in [-0.2, 0) is 22.5 Å². The van der Waals surface area contributed by atoms with E-state index in [1.807, 2.05) is 22.8 Å². The molecule has 2 aliphatic heterocycles. The van der Waals surface area contributed by atoms with Crippen molar-refractivity contribution in [1.29, 1.82) is 0 Å². The van der Waals surface area contributed by atoms with E-state index in [-0.39, 0.29) is 10.8 Å². The van der Waals surface area contributed by atoms with Gasteiger partial charge in [0.05, 0.1) is 22.0 Å². The quantitative estimate of drug-likeness (QED) is 0.540. The van der Waals surface area contributed by atoms with Crippen LogP contribution in [0.2, 0.25) is 0 Å². The normalized spacial score (nSPS) is 16.7. The second-order valence-electron chi connectivity index (χ2n) is 9.99. The number of likely N-dealkylation sites (tertiary alicyclic amines) is 1. The first-order valence-corrected chi connectivity index (χ1v) is 13.5. The molecule has 1 saturated heterocycles. The van der Waals surface area contributed by atoms with Crippen molar-refractivity contribution in [3.8, 4) is 17.0 Å². The highest BCUT2D eigenvalue weighted by Gasteiger charge is 2.46. The molecule has 5 rings (SSSR count). The molecule has 184 valence electrons. The molecule has 2 aromatic carbocycles. The van der Waals surface area contributed by atoms with Gasteiger partial charge in [0.2, 0.25) is 0 Å². The van der Waals surface area contributed by atoms with E-state index in [4.69, 9.17) is 4.74 Å². The SMILES string of the molecule is Cc1ccc2c(c1)OC1(CCN(C(=O)c3ccc(S(=O)(=O)C(C)C)c(C)c3)CC1)c1cnn(C)c1-2. The molecule has 1 amide bonds. The molecule has 0 bridgehead atoms. The molecule has 1 fully saturated rings. The van der Waals surface area contributed by atoms with Crippen LogP contribution in [0, 0.1) is 13.8 Å². The third-order valence-electron chi connectivity index (χ3n) is 7.33. The third-order valence-corrected chi connectivity index (χ3v) is 9.65. The topological polar surface area (TPSA) is 81.5 Å². The van der Waals surface area contributed by atoms with E-state index in [1.54, 1.807) is 39.0 Å². The number of hydrogen-bond acceptors (Lipinski definition) is 5. The van der Waals surface area contributed by atoms with Gasteiger partial charge in [-0.2, -0.15) is 5.10 Å². The van der Waals surface area contributed by atoms with Crippen LogP contribution in [0.4, 0.5) is 0 Å². The molecular weight excluding hydrogens is 462 g/mol. The fraction of sp³-hybridized carbons (Fsp3) is 0.407. The number of amides is 1. The van der Waals surface area contributed by atoms with Crippen molar-refractivity contribution in [2.75, 3.05) is 13.1 Å². The van der Waals surface area contributed by atoms with E-state index >= 15 is 0 Å². The number of aryl methyl sites for hydroxylation is 3. The van der Waals surface area contributed by atoms with E-state index in [9.17, 15) is 13.2 Å². The summed E-state index contributed by atoms with van der Waals surface area (Å²) in [6, 6.07) is 11.1. The molecule has 0 atom stereocenters. The lowest BCUT2D eigenvalue weighted by molar-refractivity contribution is -0.00176. The minimum absolute atomic E-state index is 0.0880. The van der Waals surface area contributed by atoms with Crippen LogP contribution in [-0.4, -0.2) is 47.3 Å². The number of benzene rings is 2. The number of ether oxygens (including phenoxy) is 1. The molecule has 0 unspecified atom stereocenters. The van der Waals surface area contributed by atoms with Crippen LogP contribution in [0.3, 0.4) is 0 Å². The van der Waals surface area contributed by atoms with Gasteiger partial charge < -0.3 is 9.64 Å². The Balaban J connectivity index is 1.39. The average Bonchev–Trinajstić information content (AvgIpc) is 3.21. The van der Waals surface area contributed by atoms with Crippen LogP contribution in [0.1, 0.15) is 53.7 Å². The number of fused-ring (bicyclic) bond motifs is 4. The predicted molar refractivity (Wildman–Crippen MR) is 134 cm³/mol. The summed E-state index contributed by atoms with van der Waals surface area (Å²) in [6.45, 7) is 8.21. The van der Waals surface area contributed by atoms with E-state index in [2.05, 4.69) is 30.2 Å². The van der Waals surface area contributed by atoms with Gasteiger partial charge in [-0.3, -0.25) is 9.48 Å². The van der Waals surface area contributed by atoms with Crippen molar-refractivity contribution in [2.24, 2.45) is 7.05 Å². The Kier molecular flexibility index (Phi) is 5.55. The monoisotopic (exact) mass is 493 g/mol. The third kappa shape index (κ3) is 3.75. The first kappa shape index (κ1) is 23.6. The average molecular weight is 494 g/mol. The molecular formula is C27H31N3O4S. The molecule has 2 aliphatic rings. The molecule has 0 aliphatic carbocycles. The van der Waals surface area contributed by atoms with Gasteiger partial charge in [0, 0.05) is 49.7 Å². The number of carbonyl (C=O) groups is 1. The van der Waals surface area contributed by atoms with Crippen molar-refractivity contribution in [2.45, 2.75) is 56.3 Å². The molecule has 3 aromatic rings. The highest BCUT2D eigenvalue weighted by Crippen LogP contribution is 2.49. The number of aromatic nitrogens is 2. The summed E-state index contributed by atoms with van der Waals surface area (Å²) in [7, 11) is -1.45. The summed E-state index contributed by atoms with van der Waals surface area (Å²) >= 11 is 0. The van der Waals surface area contributed by atoms with Crippen LogP contribution < -0.4 is 4.74 Å². The second kappa shape index (κ2) is 8.22. The number of rotatable bonds is 3. The number of sulfone groups is 1. The van der Waals surface area contributed by atoms with Crippen molar-refractivity contribution in [3.63, 3.8) is 0 Å². The van der Waals surface area contributed by atoms with Gasteiger partial charge in [-0.05, 0) is 69.2 Å². The Morgan fingerprint density at radius 2 is 1.80 bits per heavy atom. The standard InChI is InChI=1S/C27H31N3O4S/c1-17(2)35(32,33)24-9-7-20(15-19(24)4)26(31)30-12-10-27(11-13-30)22-16-28-29(5)25(22)21-8-6-18(3)14-23(21)34-27/h6-9,14-17H,10-13H2,1-5H3. The summed E-state index contributed by atoms with van der Waals surface area (Å²) < 4.78 is 33.8. The minimum atomic E-state index is -3.40. The van der Waals surface area contributed by atoms with E-state index in [0.29, 0.717) is 37.1 Å². The van der Waals surface area contributed by atoms with Crippen molar-refractivity contribution in [1.82, 2.24) is 14.7 Å². The van der Waals surface area contributed by atoms with Crippen molar-refractivity contribution >= 4 is 15.7 Å². The van der Waals surface area contributed by atoms with E-state index in [1.165, 1.54) is 0 Å². The van der Waals surface area contributed by atoms with Crippen molar-refractivity contribution in [3.05, 3.63) is 64.8 Å². The molecule has 7 nitrogen and oxygen atoms in total. The lowest BCUT2D eigenvalue weighted by Crippen LogP contribution is -2.49. The second-order valence-corrected chi connectivity index (χ2v) is 12.5. The highest BCUT2D eigenvalue weighted by molar-refractivity contribution is 7.92. The number of piperidine rings is 1. The van der Waals surface area contributed by atoms with Crippen LogP contribution in [0.15, 0.2) is 47.5 Å². The van der Waals surface area contributed by atoms with Gasteiger partial charge in [0.25, 0.3) is 5.91 Å². The maximum atomic E-state index is 13.3.